The molecule has 1 aromatic heterocycles. The van der Waals surface area contributed by atoms with E-state index in [0.717, 1.165) is 29.8 Å². The molecule has 1 heterocycles. The fourth-order valence-corrected chi connectivity index (χ4v) is 2.64. The van der Waals surface area contributed by atoms with Gasteiger partial charge in [0.25, 0.3) is 0 Å². The minimum absolute atomic E-state index is 0.303. The number of nitrogens with one attached hydrogen (secondary N) is 1. The van der Waals surface area contributed by atoms with Crippen LogP contribution in [-0.2, 0) is 0 Å². The summed E-state index contributed by atoms with van der Waals surface area (Å²) >= 11 is 5.26. The first-order chi connectivity index (χ1) is 7.65. The van der Waals surface area contributed by atoms with Crippen LogP contribution in [0.25, 0.3) is 0 Å². The van der Waals surface area contributed by atoms with Crippen LogP contribution in [0.5, 0.6) is 0 Å². The van der Waals surface area contributed by atoms with E-state index in [-0.39, 0.29) is 0 Å². The molecular formula is C11H18BrN3S. The molecule has 0 spiro atoms. The maximum atomic E-state index is 4.18. The summed E-state index contributed by atoms with van der Waals surface area (Å²) in [6, 6.07) is 1.90. The average molecular weight is 304 g/mol. The topological polar surface area (TPSA) is 37.8 Å². The monoisotopic (exact) mass is 303 g/mol. The summed E-state index contributed by atoms with van der Waals surface area (Å²) in [5.41, 5.74) is 0. The van der Waals surface area contributed by atoms with E-state index in [0.29, 0.717) is 4.75 Å². The normalized spacial score (nSPS) is 11.5. The lowest BCUT2D eigenvalue weighted by Gasteiger charge is -2.30. The van der Waals surface area contributed by atoms with Crippen LogP contribution in [0.15, 0.2) is 17.0 Å². The van der Waals surface area contributed by atoms with Crippen molar-refractivity contribution in [2.45, 2.75) is 31.4 Å². The first kappa shape index (κ1) is 13.8. The van der Waals surface area contributed by atoms with E-state index in [2.05, 4.69) is 51.3 Å². The van der Waals surface area contributed by atoms with Gasteiger partial charge in [-0.1, -0.05) is 13.8 Å². The first-order valence-corrected chi connectivity index (χ1v) is 7.44. The zero-order valence-corrected chi connectivity index (χ0v) is 12.4. The predicted octanol–water partition coefficient (Wildman–Crippen LogP) is 3.57. The van der Waals surface area contributed by atoms with Crippen molar-refractivity contribution in [3.63, 3.8) is 0 Å². The molecule has 1 rings (SSSR count). The Kier molecular flexibility index (Phi) is 5.55. The molecule has 1 N–H and O–H groups in total. The number of nitrogens with zero attached hydrogens (tertiary/aromatic N) is 2. The van der Waals surface area contributed by atoms with Gasteiger partial charge in [0.2, 0.25) is 0 Å². The largest absolute Gasteiger partial charge is 0.369 e. The minimum atomic E-state index is 0.303. The Morgan fingerprint density at radius 1 is 1.38 bits per heavy atom. The maximum absolute atomic E-state index is 4.18. The van der Waals surface area contributed by atoms with Crippen molar-refractivity contribution in [2.24, 2.45) is 0 Å². The number of hydrogen-bond acceptors (Lipinski definition) is 4. The van der Waals surface area contributed by atoms with Crippen molar-refractivity contribution in [2.75, 3.05) is 18.1 Å². The molecule has 0 amide bonds. The second kappa shape index (κ2) is 6.45. The molecule has 16 heavy (non-hydrogen) atoms. The van der Waals surface area contributed by atoms with Gasteiger partial charge in [0, 0.05) is 17.4 Å². The van der Waals surface area contributed by atoms with Gasteiger partial charge in [-0.3, -0.25) is 0 Å². The lowest BCUT2D eigenvalue weighted by molar-refractivity contribution is 0.574. The van der Waals surface area contributed by atoms with Crippen LogP contribution in [0, 0.1) is 0 Å². The number of halogens is 1. The molecule has 0 saturated carbocycles. The standard InChI is InChI=1S/C11H18BrN3S/c1-4-11(5-2,16-3)7-13-10-6-9(12)14-8-15-10/h6,8H,4-5,7H2,1-3H3,(H,13,14,15). The quantitative estimate of drug-likeness (QED) is 0.815. The second-order valence-electron chi connectivity index (χ2n) is 3.67. The van der Waals surface area contributed by atoms with Crippen molar-refractivity contribution in [3.8, 4) is 0 Å². The maximum Gasteiger partial charge on any atom is 0.130 e. The molecule has 5 heteroatoms. The van der Waals surface area contributed by atoms with Crippen LogP contribution in [-0.4, -0.2) is 27.5 Å². The Morgan fingerprint density at radius 2 is 2.06 bits per heavy atom. The van der Waals surface area contributed by atoms with Crippen LogP contribution >= 0.6 is 27.7 Å². The Hall–Kier alpha value is -0.290. The molecule has 1 aromatic rings. The third-order valence-corrected chi connectivity index (χ3v) is 4.97. The Bertz CT molecular complexity index is 320. The second-order valence-corrected chi connectivity index (χ2v) is 5.76. The fraction of sp³-hybridized carbons (Fsp3) is 0.636. The summed E-state index contributed by atoms with van der Waals surface area (Å²) in [4.78, 5) is 8.19. The molecule has 0 bridgehead atoms. The summed E-state index contributed by atoms with van der Waals surface area (Å²) in [6.45, 7) is 5.40. The van der Waals surface area contributed by atoms with Gasteiger partial charge in [0.15, 0.2) is 0 Å². The number of rotatable bonds is 6. The summed E-state index contributed by atoms with van der Waals surface area (Å²) in [6.07, 6.45) is 6.05. The lowest BCUT2D eigenvalue weighted by atomic mass is 10.0. The molecule has 0 atom stereocenters. The molecule has 0 radical (unpaired) electrons. The van der Waals surface area contributed by atoms with Crippen LogP contribution < -0.4 is 5.32 Å². The van der Waals surface area contributed by atoms with E-state index in [4.69, 9.17) is 0 Å². The van der Waals surface area contributed by atoms with E-state index >= 15 is 0 Å². The highest BCUT2D eigenvalue weighted by molar-refractivity contribution is 9.10. The van der Waals surface area contributed by atoms with E-state index in [9.17, 15) is 0 Å². The zero-order valence-electron chi connectivity index (χ0n) is 9.96. The van der Waals surface area contributed by atoms with E-state index in [1.807, 2.05) is 17.8 Å². The molecular weight excluding hydrogens is 286 g/mol. The number of aromatic nitrogens is 2. The SMILES string of the molecule is CCC(CC)(CNc1cc(Br)ncn1)SC. The summed E-state index contributed by atoms with van der Waals surface area (Å²) in [7, 11) is 0. The molecule has 90 valence electrons. The predicted molar refractivity (Wildman–Crippen MR) is 75.0 cm³/mol. The van der Waals surface area contributed by atoms with Gasteiger partial charge in [-0.25, -0.2) is 9.97 Å². The number of anilines is 1. The van der Waals surface area contributed by atoms with Crippen LogP contribution in [0.3, 0.4) is 0 Å². The van der Waals surface area contributed by atoms with Crippen molar-refractivity contribution < 1.29 is 0 Å². The molecule has 0 fully saturated rings. The van der Waals surface area contributed by atoms with E-state index in [1.165, 1.54) is 0 Å². The molecule has 0 saturated heterocycles. The van der Waals surface area contributed by atoms with E-state index < -0.39 is 0 Å². The van der Waals surface area contributed by atoms with Gasteiger partial charge in [-0.2, -0.15) is 11.8 Å². The fourth-order valence-electron chi connectivity index (χ4n) is 1.54. The van der Waals surface area contributed by atoms with Crippen LogP contribution in [0.1, 0.15) is 26.7 Å². The van der Waals surface area contributed by atoms with Gasteiger partial charge in [0.1, 0.15) is 16.7 Å². The Morgan fingerprint density at radius 3 is 2.56 bits per heavy atom. The minimum Gasteiger partial charge on any atom is -0.369 e. The van der Waals surface area contributed by atoms with E-state index in [1.54, 1.807) is 6.33 Å². The molecule has 3 nitrogen and oxygen atoms in total. The summed E-state index contributed by atoms with van der Waals surface area (Å²) in [5.74, 6) is 0.877. The van der Waals surface area contributed by atoms with Crippen LogP contribution in [0.4, 0.5) is 5.82 Å². The summed E-state index contributed by atoms with van der Waals surface area (Å²) in [5, 5.41) is 3.38. The summed E-state index contributed by atoms with van der Waals surface area (Å²) < 4.78 is 1.12. The molecule has 0 aliphatic heterocycles. The van der Waals surface area contributed by atoms with Crippen LogP contribution in [0.2, 0.25) is 0 Å². The molecule has 0 aliphatic carbocycles. The Balaban J connectivity index is 2.62. The highest BCUT2D eigenvalue weighted by Crippen LogP contribution is 2.30. The zero-order chi connectivity index (χ0) is 12.0. The highest BCUT2D eigenvalue weighted by atomic mass is 79.9. The van der Waals surface area contributed by atoms with Gasteiger partial charge in [-0.15, -0.1) is 0 Å². The van der Waals surface area contributed by atoms with Gasteiger partial charge in [0.05, 0.1) is 0 Å². The number of hydrogen-bond donors (Lipinski definition) is 1. The van der Waals surface area contributed by atoms with Crippen molar-refractivity contribution in [1.29, 1.82) is 0 Å². The first-order valence-electron chi connectivity index (χ1n) is 5.42. The smallest absolute Gasteiger partial charge is 0.130 e. The van der Waals surface area contributed by atoms with Crippen molar-refractivity contribution >= 4 is 33.5 Å². The van der Waals surface area contributed by atoms with Gasteiger partial charge in [-0.05, 0) is 35.0 Å². The number of thioether (sulfide) groups is 1. The average Bonchev–Trinajstić information content (AvgIpc) is 2.32. The third-order valence-electron chi connectivity index (χ3n) is 2.95. The third kappa shape index (κ3) is 3.63. The van der Waals surface area contributed by atoms with Crippen molar-refractivity contribution in [1.82, 2.24) is 9.97 Å². The molecule has 0 aliphatic rings. The molecule has 0 unspecified atom stereocenters. The highest BCUT2D eigenvalue weighted by Gasteiger charge is 2.24. The lowest BCUT2D eigenvalue weighted by Crippen LogP contribution is -2.32. The molecule has 0 aromatic carbocycles. The van der Waals surface area contributed by atoms with Crippen molar-refractivity contribution in [3.05, 3.63) is 17.0 Å². The van der Waals surface area contributed by atoms with Gasteiger partial charge >= 0.3 is 0 Å². The van der Waals surface area contributed by atoms with Gasteiger partial charge < -0.3 is 5.32 Å². The Labute approximate surface area is 110 Å².